The molecule has 31 heavy (non-hydrogen) atoms. The molecule has 2 aliphatic heterocycles. The molecule has 0 aliphatic carbocycles. The van der Waals surface area contributed by atoms with Crippen molar-refractivity contribution in [2.45, 2.75) is 12.8 Å². The Bertz CT molecular complexity index is 926. The Morgan fingerprint density at radius 2 is 1.65 bits per heavy atom. The molecule has 0 aromatic heterocycles. The summed E-state index contributed by atoms with van der Waals surface area (Å²) in [5.41, 5.74) is 1.51. The van der Waals surface area contributed by atoms with E-state index in [0.29, 0.717) is 31.7 Å². The molecule has 1 atom stereocenters. The predicted octanol–water partition coefficient (Wildman–Crippen LogP) is 3.04. The molecule has 2 amide bonds. The van der Waals surface area contributed by atoms with Crippen LogP contribution in [0.5, 0.6) is 5.75 Å². The number of halogens is 1. The van der Waals surface area contributed by atoms with E-state index in [1.807, 2.05) is 29.2 Å². The van der Waals surface area contributed by atoms with Gasteiger partial charge in [-0.1, -0.05) is 12.1 Å². The summed E-state index contributed by atoms with van der Waals surface area (Å²) in [7, 11) is 1.67. The number of anilines is 1. The van der Waals surface area contributed by atoms with Gasteiger partial charge in [-0.05, 0) is 49.2 Å². The minimum Gasteiger partial charge on any atom is -0.495 e. The number of ether oxygens (including phenoxy) is 1. The molecule has 0 N–H and O–H groups in total. The van der Waals surface area contributed by atoms with Gasteiger partial charge in [-0.3, -0.25) is 9.59 Å². The van der Waals surface area contributed by atoms with Crippen molar-refractivity contribution >= 4 is 17.5 Å². The summed E-state index contributed by atoms with van der Waals surface area (Å²) in [6.45, 7) is 3.84. The monoisotopic (exact) mass is 425 g/mol. The maximum atomic E-state index is 13.2. The second-order valence-electron chi connectivity index (χ2n) is 8.08. The zero-order valence-corrected chi connectivity index (χ0v) is 17.8. The highest BCUT2D eigenvalue weighted by Gasteiger charge is 2.33. The summed E-state index contributed by atoms with van der Waals surface area (Å²) >= 11 is 0. The van der Waals surface area contributed by atoms with E-state index in [1.165, 1.54) is 24.3 Å². The van der Waals surface area contributed by atoms with Crippen molar-refractivity contribution in [3.63, 3.8) is 0 Å². The predicted molar refractivity (Wildman–Crippen MR) is 117 cm³/mol. The molecule has 0 bridgehead atoms. The minimum atomic E-state index is -0.365. The van der Waals surface area contributed by atoms with Crippen LogP contribution in [0.1, 0.15) is 23.2 Å². The quantitative estimate of drug-likeness (QED) is 0.756. The smallest absolute Gasteiger partial charge is 0.253 e. The molecular weight excluding hydrogens is 397 g/mol. The third kappa shape index (κ3) is 4.65. The maximum Gasteiger partial charge on any atom is 0.253 e. The fourth-order valence-corrected chi connectivity index (χ4v) is 4.46. The number of methoxy groups -OCH3 is 1. The molecule has 2 saturated heterocycles. The lowest BCUT2D eigenvalue weighted by Gasteiger charge is -2.40. The van der Waals surface area contributed by atoms with E-state index in [9.17, 15) is 14.0 Å². The van der Waals surface area contributed by atoms with Crippen molar-refractivity contribution in [3.05, 3.63) is 59.9 Å². The molecule has 164 valence electrons. The van der Waals surface area contributed by atoms with Crippen LogP contribution < -0.4 is 9.64 Å². The summed E-state index contributed by atoms with van der Waals surface area (Å²) in [6.07, 6.45) is 1.59. The number of hydrogen-bond donors (Lipinski definition) is 0. The number of carbonyl (C=O) groups excluding carboxylic acids is 2. The van der Waals surface area contributed by atoms with Crippen LogP contribution in [0, 0.1) is 11.7 Å². The number of amides is 2. The molecule has 2 aliphatic rings. The number of likely N-dealkylation sites (tertiary alicyclic amines) is 1. The Morgan fingerprint density at radius 3 is 2.35 bits per heavy atom. The molecule has 2 aromatic rings. The molecule has 0 saturated carbocycles. The van der Waals surface area contributed by atoms with Crippen LogP contribution in [-0.4, -0.2) is 68.0 Å². The molecule has 4 rings (SSSR count). The molecule has 0 spiro atoms. The lowest BCUT2D eigenvalue weighted by atomic mass is 9.95. The highest BCUT2D eigenvalue weighted by molar-refractivity contribution is 5.94. The Kier molecular flexibility index (Phi) is 6.39. The summed E-state index contributed by atoms with van der Waals surface area (Å²) in [6, 6.07) is 13.5. The first kappa shape index (κ1) is 21.2. The van der Waals surface area contributed by atoms with E-state index in [-0.39, 0.29) is 23.5 Å². The number of benzene rings is 2. The molecule has 7 heteroatoms. The average Bonchev–Trinajstić information content (AvgIpc) is 2.84. The van der Waals surface area contributed by atoms with Gasteiger partial charge < -0.3 is 19.4 Å². The Hall–Kier alpha value is -3.09. The van der Waals surface area contributed by atoms with Crippen molar-refractivity contribution in [2.75, 3.05) is 51.3 Å². The summed E-state index contributed by atoms with van der Waals surface area (Å²) in [5.74, 6) is 0.269. The number of piperidine rings is 1. The zero-order chi connectivity index (χ0) is 21.8. The maximum absolute atomic E-state index is 13.2. The second-order valence-corrected chi connectivity index (χ2v) is 8.08. The fraction of sp³-hybridized carbons (Fsp3) is 0.417. The first-order valence-electron chi connectivity index (χ1n) is 10.8. The van der Waals surface area contributed by atoms with Gasteiger partial charge in [0.05, 0.1) is 18.7 Å². The normalized spacial score (nSPS) is 19.3. The topological polar surface area (TPSA) is 53.1 Å². The third-order valence-electron chi connectivity index (χ3n) is 6.17. The van der Waals surface area contributed by atoms with Crippen LogP contribution in [0.3, 0.4) is 0 Å². The van der Waals surface area contributed by atoms with Gasteiger partial charge in [-0.2, -0.15) is 0 Å². The average molecular weight is 426 g/mol. The summed E-state index contributed by atoms with van der Waals surface area (Å²) < 4.78 is 18.6. The third-order valence-corrected chi connectivity index (χ3v) is 6.17. The first-order chi connectivity index (χ1) is 15.1. The van der Waals surface area contributed by atoms with Gasteiger partial charge in [-0.15, -0.1) is 0 Å². The fourth-order valence-electron chi connectivity index (χ4n) is 4.46. The molecule has 0 radical (unpaired) electrons. The van der Waals surface area contributed by atoms with Crippen LogP contribution in [0.2, 0.25) is 0 Å². The highest BCUT2D eigenvalue weighted by atomic mass is 19.1. The molecule has 0 unspecified atom stereocenters. The van der Waals surface area contributed by atoms with Crippen molar-refractivity contribution < 1.29 is 18.7 Å². The number of carbonyl (C=O) groups is 2. The number of rotatable bonds is 4. The van der Waals surface area contributed by atoms with Gasteiger partial charge in [0.15, 0.2) is 0 Å². The van der Waals surface area contributed by atoms with Crippen LogP contribution in [0.4, 0.5) is 10.1 Å². The van der Waals surface area contributed by atoms with Crippen molar-refractivity contribution in [1.82, 2.24) is 9.80 Å². The van der Waals surface area contributed by atoms with Gasteiger partial charge in [0.25, 0.3) is 5.91 Å². The van der Waals surface area contributed by atoms with Crippen LogP contribution in [0.25, 0.3) is 0 Å². The molecule has 2 heterocycles. The SMILES string of the molecule is COc1ccccc1N1CCN(C(=O)[C@H]2CCCN(C(=O)c3ccc(F)cc3)C2)CC1. The van der Waals surface area contributed by atoms with Gasteiger partial charge in [0.1, 0.15) is 11.6 Å². The summed E-state index contributed by atoms with van der Waals surface area (Å²) in [4.78, 5) is 31.8. The van der Waals surface area contributed by atoms with E-state index >= 15 is 0 Å². The van der Waals surface area contributed by atoms with Crippen LogP contribution in [0.15, 0.2) is 48.5 Å². The number of nitrogens with zero attached hydrogens (tertiary/aromatic N) is 3. The molecule has 6 nitrogen and oxygen atoms in total. The van der Waals surface area contributed by atoms with Gasteiger partial charge in [-0.25, -0.2) is 4.39 Å². The Morgan fingerprint density at radius 1 is 0.935 bits per heavy atom. The van der Waals surface area contributed by atoms with Gasteiger partial charge >= 0.3 is 0 Å². The van der Waals surface area contributed by atoms with E-state index in [2.05, 4.69) is 4.90 Å². The molecule has 2 fully saturated rings. The highest BCUT2D eigenvalue weighted by Crippen LogP contribution is 2.29. The Labute approximate surface area is 182 Å². The largest absolute Gasteiger partial charge is 0.495 e. The molecule has 2 aromatic carbocycles. The van der Waals surface area contributed by atoms with E-state index in [4.69, 9.17) is 4.74 Å². The van der Waals surface area contributed by atoms with Crippen LogP contribution >= 0.6 is 0 Å². The van der Waals surface area contributed by atoms with Crippen molar-refractivity contribution in [2.24, 2.45) is 5.92 Å². The zero-order valence-electron chi connectivity index (χ0n) is 17.8. The minimum absolute atomic E-state index is 0.122. The number of piperazine rings is 1. The lowest BCUT2D eigenvalue weighted by Crippen LogP contribution is -2.53. The lowest BCUT2D eigenvalue weighted by molar-refractivity contribution is -0.137. The van der Waals surface area contributed by atoms with Gasteiger partial charge in [0, 0.05) is 44.8 Å². The van der Waals surface area contributed by atoms with E-state index in [1.54, 1.807) is 12.0 Å². The van der Waals surface area contributed by atoms with Crippen molar-refractivity contribution in [3.8, 4) is 5.75 Å². The van der Waals surface area contributed by atoms with Crippen LogP contribution in [-0.2, 0) is 4.79 Å². The van der Waals surface area contributed by atoms with E-state index < -0.39 is 0 Å². The van der Waals surface area contributed by atoms with Crippen molar-refractivity contribution in [1.29, 1.82) is 0 Å². The van der Waals surface area contributed by atoms with E-state index in [0.717, 1.165) is 37.4 Å². The first-order valence-corrected chi connectivity index (χ1v) is 10.8. The summed E-state index contributed by atoms with van der Waals surface area (Å²) in [5, 5.41) is 0. The van der Waals surface area contributed by atoms with Gasteiger partial charge in [0.2, 0.25) is 5.91 Å². The second kappa shape index (κ2) is 9.37. The molecular formula is C24H28FN3O3. The standard InChI is InChI=1S/C24H28FN3O3/c1-31-22-7-3-2-6-21(22)26-13-15-27(16-14-26)24(30)19-5-4-12-28(17-19)23(29)18-8-10-20(25)11-9-18/h2-3,6-11,19H,4-5,12-17H2,1H3/t19-/m0/s1. The number of para-hydroxylation sites is 2. The number of hydrogen-bond acceptors (Lipinski definition) is 4. The Balaban J connectivity index is 1.35.